The molecule has 0 fully saturated rings. The van der Waals surface area contributed by atoms with E-state index < -0.39 is 10.2 Å². The van der Waals surface area contributed by atoms with Crippen molar-refractivity contribution in [3.05, 3.63) is 70.3 Å². The van der Waals surface area contributed by atoms with Gasteiger partial charge in [-0.25, -0.2) is 0 Å². The lowest BCUT2D eigenvalue weighted by Crippen LogP contribution is -1.94. The Bertz CT molecular complexity index is 953. The van der Waals surface area contributed by atoms with Crippen LogP contribution in [0, 0.1) is 10.1 Å². The standard InChI is InChI=1S/C17H10ClNO5/c18-17(21)14-9-15(12-3-1-2-4-13(12)16(14)20)24-11-7-5-10(6-8-11)19(22)23/h1-9,20H. The topological polar surface area (TPSA) is 89.7 Å². The van der Waals surface area contributed by atoms with Crippen LogP contribution in [0.2, 0.25) is 0 Å². The van der Waals surface area contributed by atoms with Gasteiger partial charge in [-0.2, -0.15) is 0 Å². The number of carbonyl (C=O) groups excluding carboxylic acids is 1. The van der Waals surface area contributed by atoms with Gasteiger partial charge in [0.25, 0.3) is 10.9 Å². The lowest BCUT2D eigenvalue weighted by molar-refractivity contribution is -0.384. The van der Waals surface area contributed by atoms with Crippen molar-refractivity contribution in [3.8, 4) is 17.2 Å². The Kier molecular flexibility index (Phi) is 4.05. The predicted molar refractivity (Wildman–Crippen MR) is 89.0 cm³/mol. The molecule has 3 aromatic carbocycles. The average Bonchev–Trinajstić information content (AvgIpc) is 2.57. The molecular formula is C17H10ClNO5. The number of nitro benzene ring substituents is 1. The van der Waals surface area contributed by atoms with Gasteiger partial charge in [-0.05, 0) is 29.8 Å². The van der Waals surface area contributed by atoms with Gasteiger partial charge in [0.1, 0.15) is 17.2 Å². The summed E-state index contributed by atoms with van der Waals surface area (Å²) in [6.45, 7) is 0. The molecule has 7 heteroatoms. The third-order valence-corrected chi connectivity index (χ3v) is 3.67. The molecule has 0 atom stereocenters. The Morgan fingerprint density at radius 3 is 2.29 bits per heavy atom. The van der Waals surface area contributed by atoms with E-state index in [9.17, 15) is 20.0 Å². The molecule has 0 radical (unpaired) electrons. The van der Waals surface area contributed by atoms with E-state index in [1.165, 1.54) is 30.3 Å². The normalized spacial score (nSPS) is 10.5. The van der Waals surface area contributed by atoms with Gasteiger partial charge in [-0.15, -0.1) is 0 Å². The summed E-state index contributed by atoms with van der Waals surface area (Å²) in [6.07, 6.45) is 0. The molecule has 0 saturated carbocycles. The quantitative estimate of drug-likeness (QED) is 0.424. The average molecular weight is 344 g/mol. The number of ether oxygens (including phenoxy) is 1. The summed E-state index contributed by atoms with van der Waals surface area (Å²) in [7, 11) is 0. The number of fused-ring (bicyclic) bond motifs is 1. The number of phenolic OH excluding ortho intramolecular Hbond substituents is 1. The van der Waals surface area contributed by atoms with Crippen molar-refractivity contribution >= 4 is 33.3 Å². The number of rotatable bonds is 4. The summed E-state index contributed by atoms with van der Waals surface area (Å²) in [5.74, 6) is 0.437. The molecular weight excluding hydrogens is 334 g/mol. The van der Waals surface area contributed by atoms with E-state index in [1.807, 2.05) is 0 Å². The third-order valence-electron chi connectivity index (χ3n) is 3.47. The zero-order valence-corrected chi connectivity index (χ0v) is 12.9. The number of nitrogens with zero attached hydrogens (tertiary/aromatic N) is 1. The van der Waals surface area contributed by atoms with Crippen LogP contribution in [0.5, 0.6) is 17.2 Å². The lowest BCUT2D eigenvalue weighted by Gasteiger charge is -2.12. The lowest BCUT2D eigenvalue weighted by atomic mass is 10.0. The molecule has 0 aliphatic rings. The minimum atomic E-state index is -0.813. The van der Waals surface area contributed by atoms with Gasteiger partial charge in [0, 0.05) is 22.9 Å². The van der Waals surface area contributed by atoms with Crippen LogP contribution in [0.1, 0.15) is 10.4 Å². The fourth-order valence-corrected chi connectivity index (χ4v) is 2.47. The Morgan fingerprint density at radius 2 is 1.71 bits per heavy atom. The highest BCUT2D eigenvalue weighted by Gasteiger charge is 2.17. The van der Waals surface area contributed by atoms with Crippen LogP contribution in [0.15, 0.2) is 54.6 Å². The van der Waals surface area contributed by atoms with Gasteiger partial charge < -0.3 is 9.84 Å². The molecule has 0 saturated heterocycles. The third kappa shape index (κ3) is 2.87. The first-order chi connectivity index (χ1) is 11.5. The van der Waals surface area contributed by atoms with Crippen molar-refractivity contribution in [2.45, 2.75) is 0 Å². The van der Waals surface area contributed by atoms with Crippen molar-refractivity contribution in [1.82, 2.24) is 0 Å². The monoisotopic (exact) mass is 343 g/mol. The predicted octanol–water partition coefficient (Wildman–Crippen LogP) is 4.62. The first kappa shape index (κ1) is 15.8. The SMILES string of the molecule is O=C(Cl)c1cc(Oc2ccc([N+](=O)[O-])cc2)c2ccccc2c1O. The molecule has 0 bridgehead atoms. The number of phenols is 1. The maximum atomic E-state index is 11.5. The smallest absolute Gasteiger partial charge is 0.269 e. The summed E-state index contributed by atoms with van der Waals surface area (Å²) in [4.78, 5) is 21.7. The molecule has 3 rings (SSSR count). The van der Waals surface area contributed by atoms with Gasteiger partial charge in [0.15, 0.2) is 0 Å². The fourth-order valence-electron chi connectivity index (χ4n) is 2.32. The molecule has 1 N–H and O–H groups in total. The van der Waals surface area contributed by atoms with Crippen LogP contribution in [0.25, 0.3) is 10.8 Å². The highest BCUT2D eigenvalue weighted by atomic mass is 35.5. The van der Waals surface area contributed by atoms with Crippen molar-refractivity contribution < 1.29 is 19.6 Å². The molecule has 24 heavy (non-hydrogen) atoms. The van der Waals surface area contributed by atoms with E-state index in [2.05, 4.69) is 0 Å². The Balaban J connectivity index is 2.10. The first-order valence-corrected chi connectivity index (χ1v) is 7.22. The Labute approximate surface area is 141 Å². The van der Waals surface area contributed by atoms with Crippen LogP contribution in [0.4, 0.5) is 5.69 Å². The number of hydrogen-bond donors (Lipinski definition) is 1. The minimum absolute atomic E-state index is 0.0606. The van der Waals surface area contributed by atoms with E-state index in [1.54, 1.807) is 24.3 Å². The van der Waals surface area contributed by atoms with Crippen LogP contribution >= 0.6 is 11.6 Å². The zero-order chi connectivity index (χ0) is 17.3. The molecule has 0 aliphatic carbocycles. The number of non-ortho nitro benzene ring substituents is 1. The number of benzene rings is 3. The molecule has 0 aliphatic heterocycles. The van der Waals surface area contributed by atoms with Gasteiger partial charge in [0.05, 0.1) is 10.5 Å². The molecule has 0 unspecified atom stereocenters. The molecule has 0 spiro atoms. The molecule has 0 aromatic heterocycles. The number of aromatic hydroxyl groups is 1. The Hall–Kier alpha value is -3.12. The van der Waals surface area contributed by atoms with E-state index in [4.69, 9.17) is 16.3 Å². The molecule has 0 heterocycles. The van der Waals surface area contributed by atoms with E-state index in [-0.39, 0.29) is 17.0 Å². The van der Waals surface area contributed by atoms with Gasteiger partial charge in [-0.1, -0.05) is 24.3 Å². The van der Waals surface area contributed by atoms with Crippen LogP contribution in [0.3, 0.4) is 0 Å². The van der Waals surface area contributed by atoms with Gasteiger partial charge in [-0.3, -0.25) is 14.9 Å². The van der Waals surface area contributed by atoms with Crippen LogP contribution in [-0.4, -0.2) is 15.3 Å². The summed E-state index contributed by atoms with van der Waals surface area (Å²) in [5.41, 5.74) is -0.137. The van der Waals surface area contributed by atoms with E-state index in [0.29, 0.717) is 22.3 Å². The van der Waals surface area contributed by atoms with E-state index in [0.717, 1.165) is 0 Å². The highest BCUT2D eigenvalue weighted by molar-refractivity contribution is 6.68. The van der Waals surface area contributed by atoms with Crippen LogP contribution in [-0.2, 0) is 0 Å². The zero-order valence-electron chi connectivity index (χ0n) is 12.1. The second kappa shape index (κ2) is 6.17. The largest absolute Gasteiger partial charge is 0.506 e. The van der Waals surface area contributed by atoms with Crippen molar-refractivity contribution in [1.29, 1.82) is 0 Å². The van der Waals surface area contributed by atoms with E-state index >= 15 is 0 Å². The minimum Gasteiger partial charge on any atom is -0.506 e. The number of nitro groups is 1. The van der Waals surface area contributed by atoms with Gasteiger partial charge >= 0.3 is 0 Å². The molecule has 0 amide bonds. The van der Waals surface area contributed by atoms with Crippen LogP contribution < -0.4 is 4.74 Å². The highest BCUT2D eigenvalue weighted by Crippen LogP contribution is 2.38. The first-order valence-electron chi connectivity index (χ1n) is 6.84. The maximum absolute atomic E-state index is 11.5. The van der Waals surface area contributed by atoms with Crippen molar-refractivity contribution in [3.63, 3.8) is 0 Å². The summed E-state index contributed by atoms with van der Waals surface area (Å²) in [5, 5.41) is 21.0. The molecule has 3 aromatic rings. The number of halogens is 1. The van der Waals surface area contributed by atoms with Crippen molar-refractivity contribution in [2.75, 3.05) is 0 Å². The Morgan fingerprint density at radius 1 is 1.08 bits per heavy atom. The molecule has 120 valence electrons. The second-order valence-corrected chi connectivity index (χ2v) is 5.29. The number of hydrogen-bond acceptors (Lipinski definition) is 5. The second-order valence-electron chi connectivity index (χ2n) is 4.94. The summed E-state index contributed by atoms with van der Waals surface area (Å²) < 4.78 is 5.73. The summed E-state index contributed by atoms with van der Waals surface area (Å²) >= 11 is 5.51. The molecule has 6 nitrogen and oxygen atoms in total. The van der Waals surface area contributed by atoms with Gasteiger partial charge in [0.2, 0.25) is 0 Å². The summed E-state index contributed by atoms with van der Waals surface area (Å²) in [6, 6.07) is 13.7. The number of carbonyl (C=O) groups is 1. The maximum Gasteiger partial charge on any atom is 0.269 e. The van der Waals surface area contributed by atoms with Crippen molar-refractivity contribution in [2.24, 2.45) is 0 Å². The fraction of sp³-hybridized carbons (Fsp3) is 0.